The van der Waals surface area contributed by atoms with E-state index < -0.39 is 0 Å². The topological polar surface area (TPSA) is 74.8 Å². The van der Waals surface area contributed by atoms with Gasteiger partial charge in [-0.05, 0) is 61.0 Å². The van der Waals surface area contributed by atoms with Gasteiger partial charge in [-0.25, -0.2) is 15.0 Å². The minimum absolute atomic E-state index is 0.140. The molecule has 0 saturated heterocycles. The van der Waals surface area contributed by atoms with Gasteiger partial charge in [-0.3, -0.25) is 13.9 Å². The number of nitrogens with zero attached hydrogens (tertiary/aromatic N) is 5. The fourth-order valence-electron chi connectivity index (χ4n) is 4.92. The van der Waals surface area contributed by atoms with Gasteiger partial charge in [-0.2, -0.15) is 0 Å². The lowest BCUT2D eigenvalue weighted by Gasteiger charge is -2.12. The van der Waals surface area contributed by atoms with Crippen LogP contribution in [-0.4, -0.2) is 24.1 Å². The summed E-state index contributed by atoms with van der Waals surface area (Å²) in [6.45, 7) is 2.29. The van der Waals surface area contributed by atoms with Crippen LogP contribution in [-0.2, 0) is 6.54 Å². The van der Waals surface area contributed by atoms with E-state index in [1.54, 1.807) is 4.57 Å². The molecular weight excluding hydrogens is 486 g/mol. The Kier molecular flexibility index (Phi) is 5.41. The van der Waals surface area contributed by atoms with Crippen LogP contribution in [0.3, 0.4) is 0 Å². The highest BCUT2D eigenvalue weighted by Crippen LogP contribution is 2.30. The molecule has 0 atom stereocenters. The summed E-state index contributed by atoms with van der Waals surface area (Å²) in [5.74, 6) is 2.08. The molecule has 7 aromatic rings. The highest BCUT2D eigenvalue weighted by Gasteiger charge is 2.22. The summed E-state index contributed by atoms with van der Waals surface area (Å²) >= 11 is 0. The standard InChI is InChI=1S/C32H23N5O2/c1-21-33-30-28(32(38)36(21)20-22-10-4-2-5-11-22)29-31(35-27-15-9-8-14-26(27)34-29)37(30)23-16-18-25(19-17-23)39-24-12-6-3-7-13-24/h2-19H,20H2,1H3. The predicted octanol–water partition coefficient (Wildman–Crippen LogP) is 6.43. The lowest BCUT2D eigenvalue weighted by molar-refractivity contribution is 0.482. The first-order chi connectivity index (χ1) is 19.2. The molecule has 188 valence electrons. The van der Waals surface area contributed by atoms with Gasteiger partial charge in [-0.1, -0.05) is 60.7 Å². The van der Waals surface area contributed by atoms with Crippen molar-refractivity contribution in [3.8, 4) is 17.2 Å². The van der Waals surface area contributed by atoms with Gasteiger partial charge in [0.25, 0.3) is 5.56 Å². The fourth-order valence-corrected chi connectivity index (χ4v) is 4.92. The molecule has 0 amide bonds. The van der Waals surface area contributed by atoms with Gasteiger partial charge < -0.3 is 4.74 Å². The van der Waals surface area contributed by atoms with E-state index in [0.717, 1.165) is 28.0 Å². The van der Waals surface area contributed by atoms with Crippen molar-refractivity contribution >= 4 is 33.2 Å². The van der Waals surface area contributed by atoms with E-state index in [4.69, 9.17) is 19.7 Å². The molecule has 0 N–H and O–H groups in total. The molecule has 0 aliphatic rings. The Morgan fingerprint density at radius 1 is 0.667 bits per heavy atom. The van der Waals surface area contributed by atoms with Crippen LogP contribution in [0.1, 0.15) is 11.4 Å². The van der Waals surface area contributed by atoms with Crippen LogP contribution in [0.15, 0.2) is 114 Å². The van der Waals surface area contributed by atoms with Crippen LogP contribution in [0.5, 0.6) is 11.5 Å². The number of benzene rings is 4. The van der Waals surface area contributed by atoms with Crippen molar-refractivity contribution in [2.24, 2.45) is 0 Å². The molecule has 0 fully saturated rings. The molecule has 0 bridgehead atoms. The first-order valence-electron chi connectivity index (χ1n) is 12.7. The maximum absolute atomic E-state index is 14.0. The number of para-hydroxylation sites is 3. The number of aromatic nitrogens is 5. The number of rotatable bonds is 5. The Balaban J connectivity index is 1.45. The van der Waals surface area contributed by atoms with Crippen molar-refractivity contribution in [1.29, 1.82) is 0 Å². The Labute approximate surface area is 223 Å². The molecule has 0 radical (unpaired) electrons. The van der Waals surface area contributed by atoms with E-state index in [1.165, 1.54) is 0 Å². The molecule has 0 saturated carbocycles. The molecule has 7 heteroatoms. The van der Waals surface area contributed by atoms with Gasteiger partial charge in [0.2, 0.25) is 0 Å². The minimum atomic E-state index is -0.140. The zero-order chi connectivity index (χ0) is 26.3. The Bertz CT molecular complexity index is 2030. The summed E-state index contributed by atoms with van der Waals surface area (Å²) in [5, 5.41) is 0.453. The van der Waals surface area contributed by atoms with Crippen LogP contribution >= 0.6 is 0 Å². The SMILES string of the molecule is Cc1nc2c(c(=O)n1Cc1ccccc1)c1nc3ccccc3nc1n2-c1ccc(Oc2ccccc2)cc1. The second-order valence-corrected chi connectivity index (χ2v) is 9.36. The maximum atomic E-state index is 14.0. The maximum Gasteiger partial charge on any atom is 0.265 e. The quantitative estimate of drug-likeness (QED) is 0.267. The van der Waals surface area contributed by atoms with Crippen molar-refractivity contribution < 1.29 is 4.74 Å². The molecule has 3 aromatic heterocycles. The smallest absolute Gasteiger partial charge is 0.265 e. The second kappa shape index (κ2) is 9.22. The van der Waals surface area contributed by atoms with Crippen LogP contribution in [0.2, 0.25) is 0 Å². The van der Waals surface area contributed by atoms with Gasteiger partial charge >= 0.3 is 0 Å². The van der Waals surface area contributed by atoms with Crippen molar-refractivity contribution in [3.05, 3.63) is 131 Å². The van der Waals surface area contributed by atoms with Gasteiger partial charge in [0.05, 0.1) is 17.6 Å². The van der Waals surface area contributed by atoms with Gasteiger partial charge in [0.1, 0.15) is 28.2 Å². The third-order valence-corrected chi connectivity index (χ3v) is 6.81. The van der Waals surface area contributed by atoms with Gasteiger partial charge in [-0.15, -0.1) is 0 Å². The van der Waals surface area contributed by atoms with Crippen LogP contribution in [0, 0.1) is 6.92 Å². The van der Waals surface area contributed by atoms with Crippen molar-refractivity contribution in [3.63, 3.8) is 0 Å². The Hall–Kier alpha value is -5.30. The first-order valence-corrected chi connectivity index (χ1v) is 12.7. The lowest BCUT2D eigenvalue weighted by Crippen LogP contribution is -2.24. The molecule has 39 heavy (non-hydrogen) atoms. The molecule has 0 unspecified atom stereocenters. The highest BCUT2D eigenvalue weighted by atomic mass is 16.5. The molecule has 3 heterocycles. The Morgan fingerprint density at radius 3 is 2.00 bits per heavy atom. The summed E-state index contributed by atoms with van der Waals surface area (Å²) in [4.78, 5) is 28.8. The molecule has 7 rings (SSSR count). The molecule has 0 aliphatic carbocycles. The van der Waals surface area contributed by atoms with Gasteiger partial charge in [0, 0.05) is 5.69 Å². The van der Waals surface area contributed by atoms with Crippen LogP contribution in [0.25, 0.3) is 38.9 Å². The molecular formula is C32H23N5O2. The van der Waals surface area contributed by atoms with Crippen LogP contribution < -0.4 is 10.3 Å². The summed E-state index contributed by atoms with van der Waals surface area (Å²) in [6, 6.07) is 34.9. The summed E-state index contributed by atoms with van der Waals surface area (Å²) < 4.78 is 9.61. The zero-order valence-corrected chi connectivity index (χ0v) is 21.2. The second-order valence-electron chi connectivity index (χ2n) is 9.36. The summed E-state index contributed by atoms with van der Waals surface area (Å²) in [6.07, 6.45) is 0. The predicted molar refractivity (Wildman–Crippen MR) is 153 cm³/mol. The van der Waals surface area contributed by atoms with E-state index in [0.29, 0.717) is 40.3 Å². The van der Waals surface area contributed by atoms with E-state index >= 15 is 0 Å². The minimum Gasteiger partial charge on any atom is -0.457 e. The third kappa shape index (κ3) is 4.01. The third-order valence-electron chi connectivity index (χ3n) is 6.81. The molecule has 7 nitrogen and oxygen atoms in total. The first kappa shape index (κ1) is 22.9. The molecule has 0 aliphatic heterocycles. The number of hydrogen-bond donors (Lipinski definition) is 0. The number of ether oxygens (including phenoxy) is 1. The summed E-state index contributed by atoms with van der Waals surface area (Å²) in [7, 11) is 0. The van der Waals surface area contributed by atoms with E-state index in [9.17, 15) is 4.79 Å². The van der Waals surface area contributed by atoms with E-state index in [1.807, 2.05) is 121 Å². The number of hydrogen-bond acceptors (Lipinski definition) is 5. The summed E-state index contributed by atoms with van der Waals surface area (Å²) in [5.41, 5.74) is 4.83. The molecule has 0 spiro atoms. The lowest BCUT2D eigenvalue weighted by atomic mass is 10.2. The normalized spacial score (nSPS) is 11.4. The van der Waals surface area contributed by atoms with Crippen molar-refractivity contribution in [1.82, 2.24) is 24.1 Å². The van der Waals surface area contributed by atoms with E-state index in [2.05, 4.69) is 0 Å². The van der Waals surface area contributed by atoms with E-state index in [-0.39, 0.29) is 5.56 Å². The number of aryl methyl sites for hydroxylation is 1. The number of fused-ring (bicyclic) bond motifs is 4. The average Bonchev–Trinajstić information content (AvgIpc) is 3.28. The van der Waals surface area contributed by atoms with Crippen molar-refractivity contribution in [2.75, 3.05) is 0 Å². The molecule has 4 aromatic carbocycles. The van der Waals surface area contributed by atoms with Gasteiger partial charge in [0.15, 0.2) is 11.3 Å². The average molecular weight is 510 g/mol. The van der Waals surface area contributed by atoms with Crippen LogP contribution in [0.4, 0.5) is 0 Å². The zero-order valence-electron chi connectivity index (χ0n) is 21.2. The van der Waals surface area contributed by atoms with Crippen molar-refractivity contribution in [2.45, 2.75) is 13.5 Å². The largest absolute Gasteiger partial charge is 0.457 e. The Morgan fingerprint density at radius 2 is 1.28 bits per heavy atom. The monoisotopic (exact) mass is 509 g/mol. The highest BCUT2D eigenvalue weighted by molar-refractivity contribution is 6.05. The fraction of sp³-hybridized carbons (Fsp3) is 0.0625.